The van der Waals surface area contributed by atoms with Crippen LogP contribution in [-0.2, 0) is 0 Å². The van der Waals surface area contributed by atoms with Crippen LogP contribution in [0.2, 0.25) is 10.0 Å². The summed E-state index contributed by atoms with van der Waals surface area (Å²) in [7, 11) is 3.32. The van der Waals surface area contributed by atoms with E-state index in [1.54, 1.807) is 37.7 Å². The molecule has 4 N–H and O–H groups in total. The Kier molecular flexibility index (Phi) is 11.4. The van der Waals surface area contributed by atoms with Crippen molar-refractivity contribution < 1.29 is 9.47 Å². The summed E-state index contributed by atoms with van der Waals surface area (Å²) in [6, 6.07) is 24.1. The van der Waals surface area contributed by atoms with E-state index in [4.69, 9.17) is 44.1 Å². The Morgan fingerprint density at radius 2 is 0.957 bits per heavy atom. The van der Waals surface area contributed by atoms with E-state index in [2.05, 4.69) is 22.1 Å². The molecule has 0 radical (unpaired) electrons. The first kappa shape index (κ1) is 34.0. The number of hydrogen-bond acceptors (Lipinski definition) is 10. The first-order chi connectivity index (χ1) is 22.1. The fraction of sp³-hybridized carbons (Fsp3) is 0.118. The summed E-state index contributed by atoms with van der Waals surface area (Å²) in [4.78, 5) is 13.1. The Hall–Kier alpha value is -3.38. The van der Waals surface area contributed by atoms with Gasteiger partial charge in [0.1, 0.15) is 11.5 Å². The van der Waals surface area contributed by atoms with E-state index in [0.717, 1.165) is 64.7 Å². The Bertz CT molecular complexity index is 1760. The number of rotatable bonds is 8. The summed E-state index contributed by atoms with van der Waals surface area (Å²) >= 11 is 19.1. The van der Waals surface area contributed by atoms with Gasteiger partial charge in [0.25, 0.3) is 0 Å². The smallest absolute Gasteiger partial charge is 0.180 e. The molecule has 4 aromatic carbocycles. The number of benzene rings is 4. The summed E-state index contributed by atoms with van der Waals surface area (Å²) in [5, 5.41) is 6.33. The van der Waals surface area contributed by atoms with Crippen LogP contribution in [0.25, 0.3) is 22.5 Å². The van der Waals surface area contributed by atoms with E-state index in [9.17, 15) is 0 Å². The molecule has 0 atom stereocenters. The van der Waals surface area contributed by atoms with Crippen LogP contribution in [0.5, 0.6) is 11.5 Å². The second-order valence-electron chi connectivity index (χ2n) is 9.89. The van der Waals surface area contributed by atoms with E-state index in [-0.39, 0.29) is 0 Å². The molecule has 0 bridgehead atoms. The third kappa shape index (κ3) is 8.50. The normalized spacial score (nSPS) is 10.7. The maximum Gasteiger partial charge on any atom is 0.180 e. The van der Waals surface area contributed by atoms with Gasteiger partial charge in [0.15, 0.2) is 10.3 Å². The Morgan fingerprint density at radius 3 is 1.24 bits per heavy atom. The highest BCUT2D eigenvalue weighted by Gasteiger charge is 2.14. The van der Waals surface area contributed by atoms with E-state index >= 15 is 0 Å². The average molecular weight is 726 g/mol. The standard InChI is InChI=1S/2C17H15ClN2OS2/c2*1-10-7-13(23-12-5-3-11(21-2)4-6-12)8-14(18)16(10)15-9-22-17(19)20-15/h2*3-9H,1-2H3,(H2,19,20). The maximum atomic E-state index is 6.48. The number of hydrogen-bond donors (Lipinski definition) is 2. The van der Waals surface area contributed by atoms with Crippen LogP contribution in [0.3, 0.4) is 0 Å². The van der Waals surface area contributed by atoms with Crippen LogP contribution in [-0.4, -0.2) is 24.2 Å². The second-order valence-corrected chi connectivity index (χ2v) is 14.8. The number of aromatic nitrogens is 2. The third-order valence-electron chi connectivity index (χ3n) is 6.67. The number of ether oxygens (including phenoxy) is 2. The summed E-state index contributed by atoms with van der Waals surface area (Å²) in [6.07, 6.45) is 0. The van der Waals surface area contributed by atoms with Crippen molar-refractivity contribution in [3.63, 3.8) is 0 Å². The monoisotopic (exact) mass is 724 g/mol. The molecular formula is C34H30Cl2N4O2S4. The van der Waals surface area contributed by atoms with Gasteiger partial charge in [-0.15, -0.1) is 22.7 Å². The van der Waals surface area contributed by atoms with E-state index in [1.165, 1.54) is 22.7 Å². The van der Waals surface area contributed by atoms with Crippen molar-refractivity contribution in [3.05, 3.63) is 105 Å². The molecule has 0 aliphatic carbocycles. The molecule has 6 nitrogen and oxygen atoms in total. The Morgan fingerprint density at radius 1 is 0.587 bits per heavy atom. The van der Waals surface area contributed by atoms with Crippen LogP contribution in [0.15, 0.2) is 103 Å². The van der Waals surface area contributed by atoms with Crippen molar-refractivity contribution in [2.75, 3.05) is 25.7 Å². The SMILES string of the molecule is COc1ccc(Sc2cc(C)c(-c3csc(N)n3)c(Cl)c2)cc1.COc1ccc(Sc2cc(C)c(-c3csc(N)n3)c(Cl)c2)cc1. The molecule has 2 heterocycles. The fourth-order valence-electron chi connectivity index (χ4n) is 4.56. The second kappa shape index (κ2) is 15.5. The molecule has 0 saturated heterocycles. The van der Waals surface area contributed by atoms with Crippen molar-refractivity contribution in [1.29, 1.82) is 0 Å². The van der Waals surface area contributed by atoms with Gasteiger partial charge >= 0.3 is 0 Å². The zero-order valence-electron chi connectivity index (χ0n) is 25.3. The molecule has 0 unspecified atom stereocenters. The topological polar surface area (TPSA) is 96.3 Å². The van der Waals surface area contributed by atoms with Crippen LogP contribution in [0.1, 0.15) is 11.1 Å². The molecule has 12 heteroatoms. The van der Waals surface area contributed by atoms with Crippen LogP contribution < -0.4 is 20.9 Å². The van der Waals surface area contributed by atoms with E-state index in [0.29, 0.717) is 20.3 Å². The van der Waals surface area contributed by atoms with Gasteiger partial charge in [0.05, 0.1) is 35.7 Å². The predicted octanol–water partition coefficient (Wildman–Crippen LogP) is 11.0. The van der Waals surface area contributed by atoms with Crippen molar-refractivity contribution in [3.8, 4) is 34.0 Å². The molecule has 0 fully saturated rings. The van der Waals surface area contributed by atoms with Gasteiger partial charge in [-0.1, -0.05) is 46.7 Å². The lowest BCUT2D eigenvalue weighted by Crippen LogP contribution is -1.89. The van der Waals surface area contributed by atoms with Gasteiger partial charge in [-0.2, -0.15) is 0 Å². The molecule has 0 aliphatic heterocycles. The van der Waals surface area contributed by atoms with Crippen molar-refractivity contribution in [1.82, 2.24) is 9.97 Å². The summed E-state index contributed by atoms with van der Waals surface area (Å²) in [5.41, 5.74) is 17.2. The zero-order valence-corrected chi connectivity index (χ0v) is 30.1. The van der Waals surface area contributed by atoms with Gasteiger partial charge in [-0.25, -0.2) is 9.97 Å². The van der Waals surface area contributed by atoms with Crippen molar-refractivity contribution >= 4 is 79.7 Å². The first-order valence-electron chi connectivity index (χ1n) is 13.8. The Labute approximate surface area is 295 Å². The summed E-state index contributed by atoms with van der Waals surface area (Å²) in [5.74, 6) is 1.69. The third-order valence-corrected chi connectivity index (χ3v) is 10.6. The maximum absolute atomic E-state index is 6.48. The van der Waals surface area contributed by atoms with Crippen molar-refractivity contribution in [2.45, 2.75) is 33.4 Å². The minimum Gasteiger partial charge on any atom is -0.497 e. The van der Waals surface area contributed by atoms with E-state index < -0.39 is 0 Å². The number of nitrogen functional groups attached to an aromatic ring is 2. The zero-order chi connectivity index (χ0) is 32.8. The molecule has 6 aromatic rings. The largest absolute Gasteiger partial charge is 0.497 e. The molecule has 46 heavy (non-hydrogen) atoms. The first-order valence-corrected chi connectivity index (χ1v) is 17.9. The van der Waals surface area contributed by atoms with Crippen LogP contribution >= 0.6 is 69.4 Å². The van der Waals surface area contributed by atoms with Crippen LogP contribution in [0.4, 0.5) is 10.3 Å². The van der Waals surface area contributed by atoms with Gasteiger partial charge in [-0.05, 0) is 97.8 Å². The van der Waals surface area contributed by atoms with Gasteiger partial charge < -0.3 is 20.9 Å². The Balaban J connectivity index is 0.000000181. The minimum absolute atomic E-state index is 0.548. The highest BCUT2D eigenvalue weighted by atomic mass is 35.5. The number of aryl methyl sites for hydroxylation is 2. The lowest BCUT2D eigenvalue weighted by atomic mass is 10.1. The number of nitrogens with zero attached hydrogens (tertiary/aromatic N) is 2. The summed E-state index contributed by atoms with van der Waals surface area (Å²) < 4.78 is 10.4. The molecule has 236 valence electrons. The van der Waals surface area contributed by atoms with Gasteiger partial charge in [0, 0.05) is 41.5 Å². The highest BCUT2D eigenvalue weighted by Crippen LogP contribution is 2.40. The van der Waals surface area contributed by atoms with Gasteiger partial charge in [0.2, 0.25) is 0 Å². The molecule has 0 spiro atoms. The molecule has 2 aromatic heterocycles. The fourth-order valence-corrected chi connectivity index (χ4v) is 8.43. The summed E-state index contributed by atoms with van der Waals surface area (Å²) in [6.45, 7) is 4.07. The minimum atomic E-state index is 0.548. The van der Waals surface area contributed by atoms with Crippen molar-refractivity contribution in [2.24, 2.45) is 0 Å². The highest BCUT2D eigenvalue weighted by molar-refractivity contribution is 7.99. The number of nitrogens with two attached hydrogens (primary N) is 2. The molecular weight excluding hydrogens is 696 g/mol. The number of thiazole rings is 2. The van der Waals surface area contributed by atoms with Crippen LogP contribution in [0, 0.1) is 13.8 Å². The number of halogens is 2. The number of methoxy groups -OCH3 is 2. The average Bonchev–Trinajstić information content (AvgIpc) is 3.65. The lowest BCUT2D eigenvalue weighted by Gasteiger charge is -2.10. The molecule has 6 rings (SSSR count). The molecule has 0 aliphatic rings. The predicted molar refractivity (Wildman–Crippen MR) is 198 cm³/mol. The molecule has 0 amide bonds. The van der Waals surface area contributed by atoms with Gasteiger partial charge in [-0.3, -0.25) is 0 Å². The quantitative estimate of drug-likeness (QED) is 0.160. The lowest BCUT2D eigenvalue weighted by molar-refractivity contribution is 0.414. The molecule has 0 saturated carbocycles. The number of anilines is 2. The van der Waals surface area contributed by atoms with E-state index in [1.807, 2.05) is 85.3 Å².